The SMILES string of the molecule is FC(F)(F)c1ccc(C2=CC(c3ccccc3)=C(c3ccccc3)C2)cc1. The Kier molecular flexibility index (Phi) is 4.44. The van der Waals surface area contributed by atoms with E-state index in [0.29, 0.717) is 6.42 Å². The summed E-state index contributed by atoms with van der Waals surface area (Å²) in [4.78, 5) is 0. The van der Waals surface area contributed by atoms with Crippen LogP contribution in [-0.4, -0.2) is 0 Å². The van der Waals surface area contributed by atoms with Crippen molar-refractivity contribution < 1.29 is 13.2 Å². The smallest absolute Gasteiger partial charge is 0.166 e. The van der Waals surface area contributed by atoms with Crippen molar-refractivity contribution in [3.8, 4) is 0 Å². The van der Waals surface area contributed by atoms with Crippen LogP contribution in [0.1, 0.15) is 28.7 Å². The van der Waals surface area contributed by atoms with Crippen molar-refractivity contribution in [2.75, 3.05) is 0 Å². The van der Waals surface area contributed by atoms with Crippen molar-refractivity contribution in [3.63, 3.8) is 0 Å². The van der Waals surface area contributed by atoms with Gasteiger partial charge in [-0.25, -0.2) is 0 Å². The van der Waals surface area contributed by atoms with Gasteiger partial charge in [0.05, 0.1) is 5.56 Å². The third-order valence-corrected chi connectivity index (χ3v) is 4.80. The maximum atomic E-state index is 12.8. The van der Waals surface area contributed by atoms with E-state index in [0.717, 1.165) is 40.0 Å². The van der Waals surface area contributed by atoms with Gasteiger partial charge in [0.25, 0.3) is 0 Å². The Hall–Kier alpha value is -3.07. The van der Waals surface area contributed by atoms with E-state index in [4.69, 9.17) is 0 Å². The van der Waals surface area contributed by atoms with Gasteiger partial charge in [-0.15, -0.1) is 0 Å². The first-order chi connectivity index (χ1) is 13.0. The van der Waals surface area contributed by atoms with Crippen LogP contribution >= 0.6 is 0 Å². The molecule has 0 aromatic heterocycles. The first-order valence-corrected chi connectivity index (χ1v) is 8.74. The van der Waals surface area contributed by atoms with Crippen LogP contribution in [0.5, 0.6) is 0 Å². The highest BCUT2D eigenvalue weighted by atomic mass is 19.4. The van der Waals surface area contributed by atoms with Crippen LogP contribution in [0, 0.1) is 0 Å². The van der Waals surface area contributed by atoms with Gasteiger partial charge in [0.2, 0.25) is 0 Å². The van der Waals surface area contributed by atoms with Crippen LogP contribution < -0.4 is 0 Å². The molecular weight excluding hydrogens is 345 g/mol. The van der Waals surface area contributed by atoms with Crippen molar-refractivity contribution in [1.29, 1.82) is 0 Å². The Labute approximate surface area is 156 Å². The molecule has 134 valence electrons. The molecule has 0 unspecified atom stereocenters. The first-order valence-electron chi connectivity index (χ1n) is 8.74. The molecule has 0 spiro atoms. The topological polar surface area (TPSA) is 0 Å². The molecule has 0 heterocycles. The summed E-state index contributed by atoms with van der Waals surface area (Å²) in [5, 5.41) is 0. The van der Waals surface area contributed by atoms with Crippen LogP contribution in [0.25, 0.3) is 16.7 Å². The maximum Gasteiger partial charge on any atom is 0.416 e. The van der Waals surface area contributed by atoms with Gasteiger partial charge in [0, 0.05) is 0 Å². The van der Waals surface area contributed by atoms with E-state index in [1.807, 2.05) is 36.4 Å². The van der Waals surface area contributed by atoms with Gasteiger partial charge < -0.3 is 0 Å². The lowest BCUT2D eigenvalue weighted by atomic mass is 9.95. The zero-order valence-corrected chi connectivity index (χ0v) is 14.5. The normalized spacial score (nSPS) is 14.4. The molecule has 0 N–H and O–H groups in total. The Morgan fingerprint density at radius 1 is 0.593 bits per heavy atom. The second kappa shape index (κ2) is 6.92. The van der Waals surface area contributed by atoms with E-state index < -0.39 is 11.7 Å². The highest BCUT2D eigenvalue weighted by molar-refractivity contribution is 6.06. The third-order valence-electron chi connectivity index (χ3n) is 4.80. The Balaban J connectivity index is 1.74. The summed E-state index contributed by atoms with van der Waals surface area (Å²) < 4.78 is 38.5. The summed E-state index contributed by atoms with van der Waals surface area (Å²) in [7, 11) is 0. The van der Waals surface area contributed by atoms with Crippen molar-refractivity contribution in [1.82, 2.24) is 0 Å². The molecule has 1 aliphatic carbocycles. The van der Waals surface area contributed by atoms with Gasteiger partial charge in [-0.05, 0) is 58.0 Å². The first kappa shape index (κ1) is 17.3. The molecule has 0 radical (unpaired) electrons. The van der Waals surface area contributed by atoms with E-state index in [1.54, 1.807) is 12.1 Å². The Bertz CT molecular complexity index is 993. The van der Waals surface area contributed by atoms with Crippen LogP contribution in [0.4, 0.5) is 13.2 Å². The van der Waals surface area contributed by atoms with Crippen molar-refractivity contribution >= 4 is 16.7 Å². The number of alkyl halides is 3. The average Bonchev–Trinajstić information content (AvgIpc) is 3.14. The van der Waals surface area contributed by atoms with Crippen molar-refractivity contribution in [2.45, 2.75) is 12.6 Å². The fraction of sp³-hybridized carbons (Fsp3) is 0.0833. The minimum atomic E-state index is -4.31. The van der Waals surface area contributed by atoms with E-state index in [-0.39, 0.29) is 0 Å². The summed E-state index contributed by atoms with van der Waals surface area (Å²) in [5.41, 5.74) is 5.79. The summed E-state index contributed by atoms with van der Waals surface area (Å²) in [6, 6.07) is 25.6. The highest BCUT2D eigenvalue weighted by Gasteiger charge is 2.30. The molecule has 0 nitrogen and oxygen atoms in total. The van der Waals surface area contributed by atoms with Crippen LogP contribution in [-0.2, 0) is 6.18 Å². The van der Waals surface area contributed by atoms with Gasteiger partial charge in [0.1, 0.15) is 0 Å². The highest BCUT2D eigenvalue weighted by Crippen LogP contribution is 2.42. The number of rotatable bonds is 3. The van der Waals surface area contributed by atoms with Crippen LogP contribution in [0.2, 0.25) is 0 Å². The van der Waals surface area contributed by atoms with Gasteiger partial charge in [0.15, 0.2) is 0 Å². The fourth-order valence-corrected chi connectivity index (χ4v) is 3.43. The molecule has 3 heteroatoms. The van der Waals surface area contributed by atoms with Gasteiger partial charge >= 0.3 is 6.18 Å². The quantitative estimate of drug-likeness (QED) is 0.466. The van der Waals surface area contributed by atoms with E-state index >= 15 is 0 Å². The number of benzene rings is 3. The minimum absolute atomic E-state index is 0.621. The summed E-state index contributed by atoms with van der Waals surface area (Å²) in [6.07, 6.45) is -1.52. The molecule has 0 saturated heterocycles. The molecule has 1 aliphatic rings. The monoisotopic (exact) mass is 362 g/mol. The summed E-state index contributed by atoms with van der Waals surface area (Å²) in [6.45, 7) is 0. The zero-order chi connectivity index (χ0) is 18.9. The number of allylic oxidation sites excluding steroid dienone is 4. The number of halogens is 3. The molecule has 4 rings (SSSR count). The lowest BCUT2D eigenvalue weighted by Crippen LogP contribution is -2.04. The zero-order valence-electron chi connectivity index (χ0n) is 14.5. The van der Waals surface area contributed by atoms with E-state index in [2.05, 4.69) is 30.3 Å². The largest absolute Gasteiger partial charge is 0.416 e. The van der Waals surface area contributed by atoms with Gasteiger partial charge in [-0.1, -0.05) is 72.8 Å². The predicted octanol–water partition coefficient (Wildman–Crippen LogP) is 7.10. The third kappa shape index (κ3) is 3.59. The molecule has 27 heavy (non-hydrogen) atoms. The van der Waals surface area contributed by atoms with E-state index in [9.17, 15) is 13.2 Å². The standard InChI is InChI=1S/C24H17F3/c25-24(26,27)21-13-11-17(12-14-21)20-15-22(18-7-3-1-4-8-18)23(16-20)19-9-5-2-6-10-19/h1-15H,16H2. The lowest BCUT2D eigenvalue weighted by molar-refractivity contribution is -0.137. The minimum Gasteiger partial charge on any atom is -0.166 e. The molecule has 0 aliphatic heterocycles. The molecule has 0 amide bonds. The summed E-state index contributed by atoms with van der Waals surface area (Å²) in [5.74, 6) is 0. The lowest BCUT2D eigenvalue weighted by Gasteiger charge is -2.10. The number of hydrogen-bond acceptors (Lipinski definition) is 0. The van der Waals surface area contributed by atoms with Crippen LogP contribution in [0.15, 0.2) is 91.0 Å². The fourth-order valence-electron chi connectivity index (χ4n) is 3.43. The summed E-state index contributed by atoms with van der Waals surface area (Å²) >= 11 is 0. The maximum absolute atomic E-state index is 12.8. The average molecular weight is 362 g/mol. The van der Waals surface area contributed by atoms with Crippen LogP contribution in [0.3, 0.4) is 0 Å². The molecule has 0 saturated carbocycles. The molecule has 0 fully saturated rings. The molecule has 0 atom stereocenters. The molecule has 0 bridgehead atoms. The second-order valence-electron chi connectivity index (χ2n) is 6.55. The van der Waals surface area contributed by atoms with Gasteiger partial charge in [-0.2, -0.15) is 13.2 Å². The number of hydrogen-bond donors (Lipinski definition) is 0. The Morgan fingerprint density at radius 2 is 1.15 bits per heavy atom. The van der Waals surface area contributed by atoms with Gasteiger partial charge in [-0.3, -0.25) is 0 Å². The van der Waals surface area contributed by atoms with E-state index in [1.165, 1.54) is 5.57 Å². The predicted molar refractivity (Wildman–Crippen MR) is 104 cm³/mol. The Morgan fingerprint density at radius 3 is 1.70 bits per heavy atom. The molecule has 3 aromatic rings. The molecule has 3 aromatic carbocycles. The molecular formula is C24H17F3. The van der Waals surface area contributed by atoms with Crippen molar-refractivity contribution in [2.24, 2.45) is 0 Å². The van der Waals surface area contributed by atoms with Crippen molar-refractivity contribution in [3.05, 3.63) is 113 Å². The second-order valence-corrected chi connectivity index (χ2v) is 6.55.